The number of carbonyl (C=O) groups excluding carboxylic acids is 2. The molecule has 2 aromatic rings. The number of hydrogen-bond acceptors (Lipinski definition) is 7. The van der Waals surface area contributed by atoms with Gasteiger partial charge in [0.1, 0.15) is 6.61 Å². The number of dihydropyridines is 1. The first-order chi connectivity index (χ1) is 16.8. The first kappa shape index (κ1) is 24.6. The molecule has 0 amide bonds. The number of carbonyl (C=O) groups is 2. The summed E-state index contributed by atoms with van der Waals surface area (Å²) in [6, 6.07) is 13.5. The molecule has 0 aromatic heterocycles. The van der Waals surface area contributed by atoms with Crippen molar-refractivity contribution in [1.82, 2.24) is 5.32 Å². The number of nitrogens with one attached hydrogen (secondary N) is 1. The molecule has 0 saturated heterocycles. The predicted octanol–water partition coefficient (Wildman–Crippen LogP) is 4.80. The van der Waals surface area contributed by atoms with Gasteiger partial charge in [-0.15, -0.1) is 0 Å². The molecule has 0 bridgehead atoms. The molecule has 0 radical (unpaired) electrons. The van der Waals surface area contributed by atoms with E-state index in [4.69, 9.17) is 21.1 Å². The molecule has 0 spiro atoms. The fraction of sp³-hybridized carbons (Fsp3) is 0.308. The maximum absolute atomic E-state index is 13.6. The number of rotatable bonds is 7. The lowest BCUT2D eigenvalue weighted by Crippen LogP contribution is -2.36. The second-order valence-corrected chi connectivity index (χ2v) is 8.93. The summed E-state index contributed by atoms with van der Waals surface area (Å²) in [5, 5.41) is 15.3. The van der Waals surface area contributed by atoms with E-state index in [0.717, 1.165) is 5.56 Å². The van der Waals surface area contributed by atoms with Gasteiger partial charge < -0.3 is 14.8 Å². The minimum absolute atomic E-state index is 0.0439. The summed E-state index contributed by atoms with van der Waals surface area (Å²) >= 11 is 6.41. The average Bonchev–Trinajstić information content (AvgIpc) is 2.83. The van der Waals surface area contributed by atoms with Crippen LogP contribution in [0.5, 0.6) is 0 Å². The van der Waals surface area contributed by atoms with E-state index in [1.807, 2.05) is 18.2 Å². The summed E-state index contributed by atoms with van der Waals surface area (Å²) in [4.78, 5) is 37.7. The summed E-state index contributed by atoms with van der Waals surface area (Å²) in [7, 11) is 1.50. The van der Waals surface area contributed by atoms with Crippen LogP contribution >= 0.6 is 11.6 Å². The fourth-order valence-electron chi connectivity index (χ4n) is 4.78. The average molecular weight is 497 g/mol. The maximum atomic E-state index is 13.6. The standard InChI is InChI=1S/C26H25ClN2O6/c1-15-23(26(31)35-11-10-34-2)24(16-6-5-7-18(12-16)29(32)33)25-21(28-15)13-17(14-22(25)30)19-8-3-4-9-20(19)27/h3-9,12,17,24,28H,10-11,13-14H2,1-2H3. The minimum atomic E-state index is -0.791. The van der Waals surface area contributed by atoms with Crippen molar-refractivity contribution in [2.24, 2.45) is 0 Å². The lowest BCUT2D eigenvalue weighted by Gasteiger charge is -2.36. The molecule has 2 unspecified atom stereocenters. The molecule has 9 heteroatoms. The second kappa shape index (κ2) is 10.4. The summed E-state index contributed by atoms with van der Waals surface area (Å²) in [6.07, 6.45) is 0.723. The van der Waals surface area contributed by atoms with E-state index in [9.17, 15) is 19.7 Å². The first-order valence-electron chi connectivity index (χ1n) is 11.2. The van der Waals surface area contributed by atoms with Gasteiger partial charge in [0.2, 0.25) is 0 Å². The van der Waals surface area contributed by atoms with E-state index >= 15 is 0 Å². The third-order valence-electron chi connectivity index (χ3n) is 6.33. The number of ketones is 1. The number of ether oxygens (including phenoxy) is 2. The molecule has 2 atom stereocenters. The third-order valence-corrected chi connectivity index (χ3v) is 6.67. The van der Waals surface area contributed by atoms with E-state index in [1.54, 1.807) is 25.1 Å². The van der Waals surface area contributed by atoms with Gasteiger partial charge >= 0.3 is 5.97 Å². The Morgan fingerprint density at radius 3 is 2.66 bits per heavy atom. The molecular weight excluding hydrogens is 472 g/mol. The van der Waals surface area contributed by atoms with Crippen molar-refractivity contribution >= 4 is 29.0 Å². The summed E-state index contributed by atoms with van der Waals surface area (Å²) in [6.45, 7) is 2.01. The number of benzene rings is 2. The molecule has 2 aromatic carbocycles. The Bertz CT molecular complexity index is 1250. The number of allylic oxidation sites excluding steroid dienone is 3. The van der Waals surface area contributed by atoms with Gasteiger partial charge in [0, 0.05) is 53.6 Å². The van der Waals surface area contributed by atoms with Gasteiger partial charge in [0.25, 0.3) is 5.69 Å². The van der Waals surface area contributed by atoms with Gasteiger partial charge in [-0.05, 0) is 36.5 Å². The number of nitro benzene ring substituents is 1. The van der Waals surface area contributed by atoms with Crippen LogP contribution in [0.2, 0.25) is 5.02 Å². The van der Waals surface area contributed by atoms with Crippen molar-refractivity contribution in [1.29, 1.82) is 0 Å². The molecule has 1 N–H and O–H groups in total. The normalized spacial score (nSPS) is 19.8. The van der Waals surface area contributed by atoms with Gasteiger partial charge in [0.05, 0.1) is 17.1 Å². The van der Waals surface area contributed by atoms with Crippen LogP contribution in [0.15, 0.2) is 71.1 Å². The molecular formula is C26H25ClN2O6. The summed E-state index contributed by atoms with van der Waals surface area (Å²) in [5.74, 6) is -1.66. The minimum Gasteiger partial charge on any atom is -0.460 e. The van der Waals surface area contributed by atoms with E-state index in [-0.39, 0.29) is 42.6 Å². The van der Waals surface area contributed by atoms with Crippen LogP contribution in [0.25, 0.3) is 0 Å². The Kier molecular flexibility index (Phi) is 7.33. The second-order valence-electron chi connectivity index (χ2n) is 8.52. The van der Waals surface area contributed by atoms with Gasteiger partial charge in [-0.3, -0.25) is 14.9 Å². The van der Waals surface area contributed by atoms with Gasteiger partial charge in [-0.1, -0.05) is 41.9 Å². The molecule has 0 fully saturated rings. The van der Waals surface area contributed by atoms with E-state index in [2.05, 4.69) is 5.32 Å². The van der Waals surface area contributed by atoms with Gasteiger partial charge in [-0.2, -0.15) is 0 Å². The van der Waals surface area contributed by atoms with Crippen LogP contribution in [0.4, 0.5) is 5.69 Å². The first-order valence-corrected chi connectivity index (χ1v) is 11.6. The number of halogens is 1. The van der Waals surface area contributed by atoms with Crippen molar-refractivity contribution in [3.8, 4) is 0 Å². The van der Waals surface area contributed by atoms with Crippen molar-refractivity contribution in [2.45, 2.75) is 31.6 Å². The van der Waals surface area contributed by atoms with Crippen LogP contribution < -0.4 is 5.32 Å². The lowest BCUT2D eigenvalue weighted by molar-refractivity contribution is -0.384. The highest BCUT2D eigenvalue weighted by molar-refractivity contribution is 6.31. The highest BCUT2D eigenvalue weighted by Gasteiger charge is 2.42. The van der Waals surface area contributed by atoms with Crippen molar-refractivity contribution < 1.29 is 24.0 Å². The molecule has 4 rings (SSSR count). The Morgan fingerprint density at radius 1 is 1.17 bits per heavy atom. The topological polar surface area (TPSA) is 108 Å². The number of Topliss-reactive ketones (excluding diaryl/α,β-unsaturated/α-hetero) is 1. The fourth-order valence-corrected chi connectivity index (χ4v) is 5.07. The molecule has 1 aliphatic carbocycles. The SMILES string of the molecule is COCCOC(=O)C1=C(C)NC2=C(C(=O)CC(c3ccccc3Cl)C2)C1c1cccc([N+](=O)[O-])c1. The molecule has 1 aliphatic heterocycles. The van der Waals surface area contributed by atoms with Crippen LogP contribution in [-0.2, 0) is 19.1 Å². The number of nitro groups is 1. The number of esters is 1. The Hall–Kier alpha value is -3.49. The van der Waals surface area contributed by atoms with Crippen molar-refractivity contribution in [3.63, 3.8) is 0 Å². The molecule has 2 aliphatic rings. The Balaban J connectivity index is 1.79. The predicted molar refractivity (Wildman–Crippen MR) is 130 cm³/mol. The quantitative estimate of drug-likeness (QED) is 0.254. The Labute approximate surface area is 207 Å². The molecule has 8 nitrogen and oxygen atoms in total. The Morgan fingerprint density at radius 2 is 1.94 bits per heavy atom. The highest BCUT2D eigenvalue weighted by Crippen LogP contribution is 2.46. The zero-order valence-electron chi connectivity index (χ0n) is 19.4. The van der Waals surface area contributed by atoms with Gasteiger partial charge in [0.15, 0.2) is 5.78 Å². The van der Waals surface area contributed by atoms with E-state index in [1.165, 1.54) is 19.2 Å². The molecule has 182 valence electrons. The van der Waals surface area contributed by atoms with E-state index in [0.29, 0.717) is 34.0 Å². The van der Waals surface area contributed by atoms with Crippen molar-refractivity contribution in [3.05, 3.63) is 97.3 Å². The highest BCUT2D eigenvalue weighted by atomic mass is 35.5. The molecule has 35 heavy (non-hydrogen) atoms. The lowest BCUT2D eigenvalue weighted by atomic mass is 9.71. The van der Waals surface area contributed by atoms with Crippen LogP contribution in [-0.4, -0.2) is 37.0 Å². The summed E-state index contributed by atoms with van der Waals surface area (Å²) < 4.78 is 10.4. The zero-order valence-corrected chi connectivity index (χ0v) is 20.1. The van der Waals surface area contributed by atoms with Crippen LogP contribution in [0.3, 0.4) is 0 Å². The number of hydrogen-bond donors (Lipinski definition) is 1. The van der Waals surface area contributed by atoms with E-state index < -0.39 is 16.8 Å². The maximum Gasteiger partial charge on any atom is 0.336 e. The smallest absolute Gasteiger partial charge is 0.336 e. The van der Waals surface area contributed by atoms with Crippen LogP contribution in [0.1, 0.15) is 42.7 Å². The monoisotopic (exact) mass is 496 g/mol. The molecule has 0 saturated carbocycles. The third kappa shape index (κ3) is 4.99. The van der Waals surface area contributed by atoms with Crippen molar-refractivity contribution in [2.75, 3.05) is 20.3 Å². The molecule has 1 heterocycles. The number of non-ortho nitro benzene ring substituents is 1. The van der Waals surface area contributed by atoms with Gasteiger partial charge in [-0.25, -0.2) is 4.79 Å². The largest absolute Gasteiger partial charge is 0.460 e. The van der Waals surface area contributed by atoms with Crippen LogP contribution in [0, 0.1) is 10.1 Å². The summed E-state index contributed by atoms with van der Waals surface area (Å²) in [5.41, 5.74) is 3.15. The number of methoxy groups -OCH3 is 1. The zero-order chi connectivity index (χ0) is 25.1. The number of nitrogens with zero attached hydrogens (tertiary/aromatic N) is 1.